The second-order valence-electron chi connectivity index (χ2n) is 5.04. The van der Waals surface area contributed by atoms with Crippen LogP contribution in [0.1, 0.15) is 42.8 Å². The molecule has 102 valence electrons. The molecule has 2 atom stereocenters. The first kappa shape index (κ1) is 14.2. The SMILES string of the molecule is CSCCC(C)N(C)c1nc2c(s1)CCCC2N. The number of aryl methyl sites for hydroxylation is 1. The molecule has 2 rings (SSSR count). The molecule has 1 aliphatic rings. The van der Waals surface area contributed by atoms with Gasteiger partial charge in [-0.15, -0.1) is 11.3 Å². The highest BCUT2D eigenvalue weighted by molar-refractivity contribution is 7.98. The lowest BCUT2D eigenvalue weighted by molar-refractivity contribution is 0.562. The molecule has 2 N–H and O–H groups in total. The summed E-state index contributed by atoms with van der Waals surface area (Å²) in [7, 11) is 2.15. The van der Waals surface area contributed by atoms with Gasteiger partial charge in [0.2, 0.25) is 0 Å². The third kappa shape index (κ3) is 3.00. The Kier molecular flexibility index (Phi) is 4.92. The summed E-state index contributed by atoms with van der Waals surface area (Å²) in [5, 5.41) is 1.14. The maximum Gasteiger partial charge on any atom is 0.185 e. The highest BCUT2D eigenvalue weighted by Gasteiger charge is 2.24. The highest BCUT2D eigenvalue weighted by atomic mass is 32.2. The van der Waals surface area contributed by atoms with E-state index in [0.717, 1.165) is 23.7 Å². The fourth-order valence-electron chi connectivity index (χ4n) is 2.26. The van der Waals surface area contributed by atoms with Crippen LogP contribution in [0.5, 0.6) is 0 Å². The monoisotopic (exact) mass is 285 g/mol. The van der Waals surface area contributed by atoms with E-state index in [2.05, 4.69) is 25.1 Å². The average Bonchev–Trinajstić information content (AvgIpc) is 2.80. The molecule has 0 aromatic carbocycles. The minimum absolute atomic E-state index is 0.161. The van der Waals surface area contributed by atoms with E-state index in [9.17, 15) is 0 Å². The Morgan fingerprint density at radius 3 is 3.06 bits per heavy atom. The molecule has 18 heavy (non-hydrogen) atoms. The van der Waals surface area contributed by atoms with Crippen molar-refractivity contribution in [2.45, 2.75) is 44.7 Å². The van der Waals surface area contributed by atoms with Crippen molar-refractivity contribution in [1.82, 2.24) is 4.98 Å². The molecule has 1 aliphatic carbocycles. The lowest BCUT2D eigenvalue weighted by atomic mass is 9.99. The van der Waals surface area contributed by atoms with Gasteiger partial charge in [-0.25, -0.2) is 4.98 Å². The van der Waals surface area contributed by atoms with E-state index < -0.39 is 0 Å². The van der Waals surface area contributed by atoms with Gasteiger partial charge in [-0.2, -0.15) is 11.8 Å². The van der Waals surface area contributed by atoms with Gasteiger partial charge < -0.3 is 10.6 Å². The molecular weight excluding hydrogens is 262 g/mol. The Labute approximate surface area is 118 Å². The lowest BCUT2D eigenvalue weighted by Gasteiger charge is -2.24. The van der Waals surface area contributed by atoms with Gasteiger partial charge >= 0.3 is 0 Å². The number of hydrogen-bond acceptors (Lipinski definition) is 5. The predicted octanol–water partition coefficient (Wildman–Crippen LogP) is 3.06. The molecule has 0 aliphatic heterocycles. The number of thioether (sulfide) groups is 1. The van der Waals surface area contributed by atoms with E-state index in [-0.39, 0.29) is 6.04 Å². The highest BCUT2D eigenvalue weighted by Crippen LogP contribution is 2.35. The van der Waals surface area contributed by atoms with E-state index in [1.54, 1.807) is 0 Å². The zero-order chi connectivity index (χ0) is 13.1. The number of thiazole rings is 1. The Hall–Kier alpha value is -0.260. The second-order valence-corrected chi connectivity index (χ2v) is 7.09. The molecule has 1 aromatic rings. The molecule has 0 saturated heterocycles. The first-order valence-corrected chi connectivity index (χ1v) is 8.81. The molecular formula is C13H23N3S2. The van der Waals surface area contributed by atoms with E-state index in [0.29, 0.717) is 6.04 Å². The van der Waals surface area contributed by atoms with Gasteiger partial charge in [-0.1, -0.05) is 0 Å². The number of aromatic nitrogens is 1. The van der Waals surface area contributed by atoms with Crippen molar-refractivity contribution >= 4 is 28.2 Å². The average molecular weight is 285 g/mol. The Morgan fingerprint density at radius 1 is 1.61 bits per heavy atom. The summed E-state index contributed by atoms with van der Waals surface area (Å²) in [6.45, 7) is 2.27. The molecule has 5 heteroatoms. The summed E-state index contributed by atoms with van der Waals surface area (Å²) in [6, 6.07) is 0.704. The predicted molar refractivity (Wildman–Crippen MR) is 82.8 cm³/mol. The third-order valence-electron chi connectivity index (χ3n) is 3.69. The number of nitrogens with two attached hydrogens (primary N) is 1. The van der Waals surface area contributed by atoms with Gasteiger partial charge in [0.1, 0.15) is 0 Å². The second kappa shape index (κ2) is 6.26. The van der Waals surface area contributed by atoms with Crippen molar-refractivity contribution in [2.24, 2.45) is 5.73 Å². The quantitative estimate of drug-likeness (QED) is 0.903. The number of anilines is 1. The summed E-state index contributed by atoms with van der Waals surface area (Å²) in [6.07, 6.45) is 6.82. The van der Waals surface area contributed by atoms with Crippen molar-refractivity contribution < 1.29 is 0 Å². The normalized spacial score (nSPS) is 20.6. The number of rotatable bonds is 5. The van der Waals surface area contributed by atoms with E-state index in [4.69, 9.17) is 10.7 Å². The van der Waals surface area contributed by atoms with Crippen molar-refractivity contribution in [3.05, 3.63) is 10.6 Å². The van der Waals surface area contributed by atoms with Crippen molar-refractivity contribution in [3.8, 4) is 0 Å². The van der Waals surface area contributed by atoms with Crippen molar-refractivity contribution in [1.29, 1.82) is 0 Å². The summed E-state index contributed by atoms with van der Waals surface area (Å²) in [5.41, 5.74) is 7.30. The van der Waals surface area contributed by atoms with Crippen LogP contribution in [-0.4, -0.2) is 30.1 Å². The topological polar surface area (TPSA) is 42.2 Å². The molecule has 1 aromatic heterocycles. The summed E-state index contributed by atoms with van der Waals surface area (Å²) < 4.78 is 0. The zero-order valence-corrected chi connectivity index (χ0v) is 13.1. The van der Waals surface area contributed by atoms with Crippen molar-refractivity contribution in [2.75, 3.05) is 24.0 Å². The molecule has 0 amide bonds. The molecule has 3 nitrogen and oxygen atoms in total. The summed E-state index contributed by atoms with van der Waals surface area (Å²) >= 11 is 3.74. The number of nitrogens with zero attached hydrogens (tertiary/aromatic N) is 2. The molecule has 0 fully saturated rings. The maximum absolute atomic E-state index is 6.14. The molecule has 0 saturated carbocycles. The van der Waals surface area contributed by atoms with Crippen LogP contribution in [0.2, 0.25) is 0 Å². The van der Waals surface area contributed by atoms with Crippen LogP contribution in [-0.2, 0) is 6.42 Å². The smallest absolute Gasteiger partial charge is 0.185 e. The van der Waals surface area contributed by atoms with Gasteiger partial charge in [0.05, 0.1) is 5.69 Å². The first-order chi connectivity index (χ1) is 8.63. The van der Waals surface area contributed by atoms with Gasteiger partial charge in [-0.05, 0) is 44.6 Å². The van der Waals surface area contributed by atoms with Crippen LogP contribution >= 0.6 is 23.1 Å². The van der Waals surface area contributed by atoms with Crippen LogP contribution in [0.3, 0.4) is 0 Å². The zero-order valence-electron chi connectivity index (χ0n) is 11.5. The van der Waals surface area contributed by atoms with Crippen LogP contribution < -0.4 is 10.6 Å². The van der Waals surface area contributed by atoms with Crippen LogP contribution in [0.15, 0.2) is 0 Å². The molecule has 0 spiro atoms. The Morgan fingerprint density at radius 2 is 2.39 bits per heavy atom. The molecule has 0 radical (unpaired) electrons. The maximum atomic E-state index is 6.14. The fraction of sp³-hybridized carbons (Fsp3) is 0.769. The first-order valence-electron chi connectivity index (χ1n) is 6.60. The largest absolute Gasteiger partial charge is 0.348 e. The van der Waals surface area contributed by atoms with E-state index >= 15 is 0 Å². The molecule has 2 unspecified atom stereocenters. The molecule has 1 heterocycles. The van der Waals surface area contributed by atoms with E-state index in [1.807, 2.05) is 23.1 Å². The fourth-order valence-corrected chi connectivity index (χ4v) is 4.07. The number of fused-ring (bicyclic) bond motifs is 1. The summed E-state index contributed by atoms with van der Waals surface area (Å²) in [5.74, 6) is 1.20. The molecule has 0 bridgehead atoms. The summed E-state index contributed by atoms with van der Waals surface area (Å²) in [4.78, 5) is 8.49. The minimum atomic E-state index is 0.161. The Balaban J connectivity index is 2.09. The Bertz CT molecular complexity index is 392. The third-order valence-corrected chi connectivity index (χ3v) is 5.55. The minimum Gasteiger partial charge on any atom is -0.348 e. The lowest BCUT2D eigenvalue weighted by Crippen LogP contribution is -2.29. The number of hydrogen-bond donors (Lipinski definition) is 1. The van der Waals surface area contributed by atoms with Gasteiger partial charge in [0, 0.05) is 24.0 Å². The van der Waals surface area contributed by atoms with Gasteiger partial charge in [-0.3, -0.25) is 0 Å². The van der Waals surface area contributed by atoms with Gasteiger partial charge in [0.25, 0.3) is 0 Å². The standard InChI is InChI=1S/C13H23N3S2/c1-9(7-8-17-3)16(2)13-15-12-10(14)5-4-6-11(12)18-13/h9-10H,4-8,14H2,1-3H3. The van der Waals surface area contributed by atoms with Crippen LogP contribution in [0.25, 0.3) is 0 Å². The van der Waals surface area contributed by atoms with Crippen LogP contribution in [0.4, 0.5) is 5.13 Å². The van der Waals surface area contributed by atoms with Gasteiger partial charge in [0.15, 0.2) is 5.13 Å². The van der Waals surface area contributed by atoms with E-state index in [1.165, 1.54) is 23.5 Å². The van der Waals surface area contributed by atoms with Crippen LogP contribution in [0, 0.1) is 0 Å². The van der Waals surface area contributed by atoms with Crippen molar-refractivity contribution in [3.63, 3.8) is 0 Å².